The molecule has 2 aromatic rings. The second kappa shape index (κ2) is 7.00. The molecule has 3 N–H and O–H groups in total. The lowest BCUT2D eigenvalue weighted by Crippen LogP contribution is -2.36. The molecule has 2 unspecified atom stereocenters. The number of nitrogens with two attached hydrogens (primary N) is 1. The first-order valence-electron chi connectivity index (χ1n) is 7.89. The highest BCUT2D eigenvalue weighted by Crippen LogP contribution is 2.33. The molecule has 1 aromatic carbocycles. The highest BCUT2D eigenvalue weighted by atomic mass is 16.6. The van der Waals surface area contributed by atoms with Crippen LogP contribution >= 0.6 is 0 Å². The number of aliphatic hydroxyl groups excluding tert-OH is 1. The van der Waals surface area contributed by atoms with E-state index < -0.39 is 18.2 Å². The average molecular weight is 341 g/mol. The van der Waals surface area contributed by atoms with Crippen LogP contribution in [0.3, 0.4) is 0 Å². The van der Waals surface area contributed by atoms with Crippen molar-refractivity contribution in [1.82, 2.24) is 9.88 Å². The number of Topliss-reactive ketones (excluding diaryl/α,β-unsaturated/α-hetero) is 1. The molecule has 0 radical (unpaired) electrons. The minimum absolute atomic E-state index is 0.0654. The maximum Gasteiger partial charge on any atom is 0.412 e. The number of cyclic esters (lactones) is 1. The quantitative estimate of drug-likeness (QED) is 0.856. The van der Waals surface area contributed by atoms with Gasteiger partial charge in [0.25, 0.3) is 0 Å². The zero-order valence-corrected chi connectivity index (χ0v) is 13.8. The van der Waals surface area contributed by atoms with Crippen LogP contribution in [0.25, 0.3) is 11.1 Å². The third kappa shape index (κ3) is 3.11. The first-order valence-corrected chi connectivity index (χ1v) is 7.89. The molecular weight excluding hydrogens is 322 g/mol. The smallest absolute Gasteiger partial charge is 0.412 e. The van der Waals surface area contributed by atoms with Gasteiger partial charge in [0.2, 0.25) is 0 Å². The van der Waals surface area contributed by atoms with E-state index in [-0.39, 0.29) is 19.1 Å². The Morgan fingerprint density at radius 2 is 2.08 bits per heavy atom. The first-order chi connectivity index (χ1) is 12.1. The Labute approximate surface area is 145 Å². The van der Waals surface area contributed by atoms with Crippen LogP contribution in [0.4, 0.5) is 4.79 Å². The average Bonchev–Trinajstić information content (AvgIpc) is 2.98. The van der Waals surface area contributed by atoms with E-state index in [9.17, 15) is 14.7 Å². The fourth-order valence-corrected chi connectivity index (χ4v) is 3.01. The number of carbonyl (C=O) groups is 2. The highest BCUT2D eigenvalue weighted by molar-refractivity contribution is 5.87. The summed E-state index contributed by atoms with van der Waals surface area (Å²) in [6.07, 6.45) is 0.113. The molecule has 0 saturated carbocycles. The van der Waals surface area contributed by atoms with E-state index in [0.29, 0.717) is 5.69 Å². The van der Waals surface area contributed by atoms with Gasteiger partial charge in [-0.2, -0.15) is 0 Å². The van der Waals surface area contributed by atoms with Crippen molar-refractivity contribution in [2.75, 3.05) is 6.67 Å². The minimum Gasteiger partial charge on any atom is -0.435 e. The molecule has 7 heteroatoms. The number of hydrogen-bond acceptors (Lipinski definition) is 6. The molecule has 25 heavy (non-hydrogen) atoms. The number of carbonyl (C=O) groups excluding carboxylic acids is 2. The van der Waals surface area contributed by atoms with Crippen LogP contribution in [-0.2, 0) is 16.1 Å². The second-order valence-electron chi connectivity index (χ2n) is 5.80. The molecular formula is C18H19N3O4. The van der Waals surface area contributed by atoms with Crippen molar-refractivity contribution >= 4 is 11.9 Å². The molecule has 130 valence electrons. The second-order valence-corrected chi connectivity index (χ2v) is 5.80. The maximum atomic E-state index is 11.9. The summed E-state index contributed by atoms with van der Waals surface area (Å²) in [6.45, 7) is 1.23. The van der Waals surface area contributed by atoms with E-state index in [4.69, 9.17) is 10.5 Å². The van der Waals surface area contributed by atoms with Crippen LogP contribution in [-0.4, -0.2) is 39.6 Å². The number of aromatic nitrogens is 1. The lowest BCUT2D eigenvalue weighted by atomic mass is 9.99. The van der Waals surface area contributed by atoms with Gasteiger partial charge in [-0.05, 0) is 24.1 Å². The fraction of sp³-hybridized carbons (Fsp3) is 0.278. The zero-order chi connectivity index (χ0) is 18.0. The Balaban J connectivity index is 1.96. The van der Waals surface area contributed by atoms with E-state index in [2.05, 4.69) is 4.98 Å². The van der Waals surface area contributed by atoms with E-state index in [1.165, 1.54) is 11.8 Å². The Kier molecular flexibility index (Phi) is 4.78. The molecule has 3 rings (SSSR count). The van der Waals surface area contributed by atoms with Gasteiger partial charge in [-0.25, -0.2) is 4.79 Å². The molecule has 1 aromatic heterocycles. The van der Waals surface area contributed by atoms with Gasteiger partial charge in [0.1, 0.15) is 6.04 Å². The topological polar surface area (TPSA) is 106 Å². The molecule has 1 aliphatic rings. The SMILES string of the molecule is CC(=O)C1OC(=O)N(CN)C1c1ccc(-c2ccccc2CO)cn1. The number of aliphatic hydroxyl groups is 1. The van der Waals surface area contributed by atoms with E-state index in [0.717, 1.165) is 16.7 Å². The van der Waals surface area contributed by atoms with Gasteiger partial charge in [0.15, 0.2) is 11.9 Å². The number of pyridine rings is 1. The third-order valence-corrected chi connectivity index (χ3v) is 4.27. The predicted molar refractivity (Wildman–Crippen MR) is 90.2 cm³/mol. The summed E-state index contributed by atoms with van der Waals surface area (Å²) in [5, 5.41) is 9.47. The van der Waals surface area contributed by atoms with Crippen LogP contribution in [0.2, 0.25) is 0 Å². The van der Waals surface area contributed by atoms with Crippen molar-refractivity contribution in [2.45, 2.75) is 25.7 Å². The minimum atomic E-state index is -0.917. The van der Waals surface area contributed by atoms with Crippen molar-refractivity contribution in [3.05, 3.63) is 53.9 Å². The van der Waals surface area contributed by atoms with Gasteiger partial charge < -0.3 is 15.6 Å². The number of amides is 1. The lowest BCUT2D eigenvalue weighted by molar-refractivity contribution is -0.124. The number of benzene rings is 1. The van der Waals surface area contributed by atoms with Crippen molar-refractivity contribution in [3.63, 3.8) is 0 Å². The van der Waals surface area contributed by atoms with Gasteiger partial charge in [-0.15, -0.1) is 0 Å². The molecule has 2 atom stereocenters. The van der Waals surface area contributed by atoms with E-state index >= 15 is 0 Å². The van der Waals surface area contributed by atoms with Crippen LogP contribution in [0, 0.1) is 0 Å². The van der Waals surface area contributed by atoms with E-state index in [1.807, 2.05) is 30.3 Å². The summed E-state index contributed by atoms with van der Waals surface area (Å²) in [5.41, 5.74) is 8.66. The summed E-state index contributed by atoms with van der Waals surface area (Å²) in [7, 11) is 0. The monoisotopic (exact) mass is 341 g/mol. The molecule has 1 amide bonds. The maximum absolute atomic E-state index is 11.9. The summed E-state index contributed by atoms with van der Waals surface area (Å²) in [4.78, 5) is 29.4. The zero-order valence-electron chi connectivity index (χ0n) is 13.8. The Morgan fingerprint density at radius 1 is 1.32 bits per heavy atom. The molecule has 1 saturated heterocycles. The summed E-state index contributed by atoms with van der Waals surface area (Å²) < 4.78 is 5.13. The highest BCUT2D eigenvalue weighted by Gasteiger charge is 2.45. The standard InChI is InChI=1S/C18H19N3O4/c1-11(23)17-16(21(10-19)18(24)25-17)15-7-6-12(8-20-15)14-5-3-2-4-13(14)9-22/h2-8,16-17,22H,9-10,19H2,1H3. The molecule has 0 aliphatic carbocycles. The van der Waals surface area contributed by atoms with Gasteiger partial charge in [0.05, 0.1) is 19.0 Å². The van der Waals surface area contributed by atoms with Crippen LogP contribution in [0.1, 0.15) is 24.2 Å². The van der Waals surface area contributed by atoms with Gasteiger partial charge >= 0.3 is 6.09 Å². The van der Waals surface area contributed by atoms with Crippen molar-refractivity contribution in [3.8, 4) is 11.1 Å². The van der Waals surface area contributed by atoms with Crippen molar-refractivity contribution in [2.24, 2.45) is 5.73 Å². The van der Waals surface area contributed by atoms with Gasteiger partial charge in [0, 0.05) is 11.8 Å². The third-order valence-electron chi connectivity index (χ3n) is 4.27. The summed E-state index contributed by atoms with van der Waals surface area (Å²) in [6, 6.07) is 10.4. The lowest BCUT2D eigenvalue weighted by Gasteiger charge is -2.21. The molecule has 1 aliphatic heterocycles. The summed E-state index contributed by atoms with van der Waals surface area (Å²) in [5.74, 6) is -0.259. The fourth-order valence-electron chi connectivity index (χ4n) is 3.01. The first kappa shape index (κ1) is 17.1. The van der Waals surface area contributed by atoms with E-state index in [1.54, 1.807) is 12.3 Å². The number of ether oxygens (including phenoxy) is 1. The van der Waals surface area contributed by atoms with Crippen LogP contribution in [0.15, 0.2) is 42.6 Å². The molecule has 0 spiro atoms. The number of nitrogens with zero attached hydrogens (tertiary/aromatic N) is 2. The van der Waals surface area contributed by atoms with Crippen molar-refractivity contribution < 1.29 is 19.4 Å². The Morgan fingerprint density at radius 3 is 2.68 bits per heavy atom. The molecule has 2 heterocycles. The van der Waals surface area contributed by atoms with Crippen LogP contribution < -0.4 is 5.73 Å². The Bertz CT molecular complexity index is 791. The number of rotatable bonds is 5. The van der Waals surface area contributed by atoms with Crippen LogP contribution in [0.5, 0.6) is 0 Å². The molecule has 7 nitrogen and oxygen atoms in total. The normalized spacial score (nSPS) is 19.8. The molecule has 1 fully saturated rings. The summed E-state index contributed by atoms with van der Waals surface area (Å²) >= 11 is 0. The Hall–Kier alpha value is -2.77. The largest absolute Gasteiger partial charge is 0.435 e. The van der Waals surface area contributed by atoms with Crippen molar-refractivity contribution in [1.29, 1.82) is 0 Å². The van der Waals surface area contributed by atoms with Gasteiger partial charge in [-0.3, -0.25) is 14.7 Å². The molecule has 0 bridgehead atoms. The predicted octanol–water partition coefficient (Wildman–Crippen LogP) is 1.61. The number of ketones is 1. The number of hydrogen-bond donors (Lipinski definition) is 2. The van der Waals surface area contributed by atoms with Gasteiger partial charge in [-0.1, -0.05) is 30.3 Å².